The van der Waals surface area contributed by atoms with Gasteiger partial charge in [0.05, 0.1) is 5.52 Å². The molecule has 5 heteroatoms. The van der Waals surface area contributed by atoms with Gasteiger partial charge in [-0.05, 0) is 24.8 Å². The topological polar surface area (TPSA) is 17.8 Å². The van der Waals surface area contributed by atoms with Gasteiger partial charge in [0, 0.05) is 24.1 Å². The van der Waals surface area contributed by atoms with Crippen molar-refractivity contribution in [2.45, 2.75) is 26.3 Å². The molecule has 0 aliphatic carbocycles. The van der Waals surface area contributed by atoms with Gasteiger partial charge in [-0.2, -0.15) is 11.8 Å². The molecule has 0 saturated heterocycles. The van der Waals surface area contributed by atoms with E-state index in [0.29, 0.717) is 17.8 Å². The molecule has 2 nitrogen and oxygen atoms in total. The lowest BCUT2D eigenvalue weighted by Gasteiger charge is -2.16. The van der Waals surface area contributed by atoms with Crippen LogP contribution >= 0.6 is 23.4 Å². The largest absolute Gasteiger partial charge is 0.324 e. The van der Waals surface area contributed by atoms with E-state index in [1.165, 1.54) is 6.07 Å². The molecule has 1 aromatic carbocycles. The minimum Gasteiger partial charge on any atom is -0.324 e. The van der Waals surface area contributed by atoms with Crippen molar-refractivity contribution >= 4 is 34.4 Å². The second-order valence-electron chi connectivity index (χ2n) is 4.45. The van der Waals surface area contributed by atoms with E-state index in [0.717, 1.165) is 22.8 Å². The summed E-state index contributed by atoms with van der Waals surface area (Å²) in [4.78, 5) is 4.43. The molecular weight excluding hydrogens is 283 g/mol. The number of aryl methyl sites for hydroxylation is 1. The normalized spacial score (nSPS) is 13.1. The van der Waals surface area contributed by atoms with E-state index >= 15 is 0 Å². The third kappa shape index (κ3) is 3.06. The van der Waals surface area contributed by atoms with E-state index in [4.69, 9.17) is 11.6 Å². The van der Waals surface area contributed by atoms with Crippen molar-refractivity contribution in [2.24, 2.45) is 0 Å². The summed E-state index contributed by atoms with van der Waals surface area (Å²) >= 11 is 7.71. The number of para-hydroxylation sites is 1. The fraction of sp³-hybridized carbons (Fsp3) is 0.500. The first-order valence-corrected chi connectivity index (χ1v) is 8.17. The van der Waals surface area contributed by atoms with Crippen LogP contribution in [0, 0.1) is 5.82 Å². The standard InChI is InChI=1S/C14H18ClFN2S/c1-3-19-9-10(2)18-12-6-4-5-11(16)14(12)17-13(18)7-8-15/h4-6,10H,3,7-9H2,1-2H3. The number of halogens is 2. The van der Waals surface area contributed by atoms with Gasteiger partial charge < -0.3 is 4.57 Å². The van der Waals surface area contributed by atoms with E-state index in [9.17, 15) is 4.39 Å². The summed E-state index contributed by atoms with van der Waals surface area (Å²) < 4.78 is 15.9. The van der Waals surface area contributed by atoms with Crippen LogP contribution in [0.5, 0.6) is 0 Å². The highest BCUT2D eigenvalue weighted by Crippen LogP contribution is 2.25. The van der Waals surface area contributed by atoms with Crippen LogP contribution in [0.1, 0.15) is 25.7 Å². The maximum atomic E-state index is 13.8. The monoisotopic (exact) mass is 300 g/mol. The molecule has 0 spiro atoms. The van der Waals surface area contributed by atoms with Crippen molar-refractivity contribution in [3.8, 4) is 0 Å². The summed E-state index contributed by atoms with van der Waals surface area (Å²) in [6.45, 7) is 4.29. The van der Waals surface area contributed by atoms with Crippen LogP contribution in [0.25, 0.3) is 11.0 Å². The Bertz CT molecular complexity index is 556. The van der Waals surface area contributed by atoms with Gasteiger partial charge in [0.15, 0.2) is 5.82 Å². The van der Waals surface area contributed by atoms with Gasteiger partial charge in [-0.1, -0.05) is 13.0 Å². The van der Waals surface area contributed by atoms with Crippen molar-refractivity contribution in [3.63, 3.8) is 0 Å². The van der Waals surface area contributed by atoms with Crippen LogP contribution in [0.3, 0.4) is 0 Å². The summed E-state index contributed by atoms with van der Waals surface area (Å²) in [7, 11) is 0. The average molecular weight is 301 g/mol. The molecular formula is C14H18ClFN2S. The summed E-state index contributed by atoms with van der Waals surface area (Å²) in [6.07, 6.45) is 0.663. The molecule has 0 aliphatic heterocycles. The first-order valence-electron chi connectivity index (χ1n) is 6.48. The van der Waals surface area contributed by atoms with E-state index in [-0.39, 0.29) is 11.9 Å². The highest BCUT2D eigenvalue weighted by atomic mass is 35.5. The molecule has 2 aromatic rings. The molecule has 104 valence electrons. The number of alkyl halides is 1. The Morgan fingerprint density at radius 2 is 2.26 bits per heavy atom. The zero-order valence-electron chi connectivity index (χ0n) is 11.2. The van der Waals surface area contributed by atoms with Crippen LogP contribution < -0.4 is 0 Å². The molecule has 0 N–H and O–H groups in total. The third-order valence-corrected chi connectivity index (χ3v) is 4.38. The van der Waals surface area contributed by atoms with Gasteiger partial charge in [-0.15, -0.1) is 11.6 Å². The molecule has 0 amide bonds. The van der Waals surface area contributed by atoms with Gasteiger partial charge in [0.1, 0.15) is 11.3 Å². The van der Waals surface area contributed by atoms with Crippen LogP contribution in [-0.2, 0) is 6.42 Å². The minimum atomic E-state index is -0.262. The molecule has 0 saturated carbocycles. The Balaban J connectivity index is 2.48. The van der Waals surface area contributed by atoms with Gasteiger partial charge in [0.2, 0.25) is 0 Å². The smallest absolute Gasteiger partial charge is 0.151 e. The fourth-order valence-corrected chi connectivity index (χ4v) is 3.14. The molecule has 1 atom stereocenters. The van der Waals surface area contributed by atoms with E-state index in [1.807, 2.05) is 17.8 Å². The highest BCUT2D eigenvalue weighted by Gasteiger charge is 2.17. The van der Waals surface area contributed by atoms with Crippen LogP contribution in [-0.4, -0.2) is 26.9 Å². The van der Waals surface area contributed by atoms with Crippen molar-refractivity contribution in [1.29, 1.82) is 0 Å². The second-order valence-corrected chi connectivity index (χ2v) is 6.15. The predicted octanol–water partition coefficient (Wildman–Crippen LogP) is 4.27. The van der Waals surface area contributed by atoms with E-state index in [2.05, 4.69) is 23.4 Å². The van der Waals surface area contributed by atoms with Gasteiger partial charge >= 0.3 is 0 Å². The molecule has 0 aliphatic rings. The molecule has 0 fully saturated rings. The van der Waals surface area contributed by atoms with Crippen LogP contribution in [0.4, 0.5) is 4.39 Å². The molecule has 1 heterocycles. The Kier molecular flexibility index (Phi) is 5.11. The number of nitrogens with zero attached hydrogens (tertiary/aromatic N) is 2. The Hall–Kier alpha value is -0.740. The van der Waals surface area contributed by atoms with Crippen LogP contribution in [0.2, 0.25) is 0 Å². The molecule has 0 radical (unpaired) electrons. The number of rotatable bonds is 6. The molecule has 0 bridgehead atoms. The average Bonchev–Trinajstić information content (AvgIpc) is 2.76. The van der Waals surface area contributed by atoms with Crippen LogP contribution in [0.15, 0.2) is 18.2 Å². The highest BCUT2D eigenvalue weighted by molar-refractivity contribution is 7.99. The van der Waals surface area contributed by atoms with Gasteiger partial charge in [0.25, 0.3) is 0 Å². The Morgan fingerprint density at radius 1 is 1.47 bits per heavy atom. The zero-order chi connectivity index (χ0) is 13.8. The molecule has 19 heavy (non-hydrogen) atoms. The van der Waals surface area contributed by atoms with Crippen molar-refractivity contribution in [3.05, 3.63) is 29.8 Å². The number of hydrogen-bond donors (Lipinski definition) is 0. The van der Waals surface area contributed by atoms with Gasteiger partial charge in [-0.3, -0.25) is 0 Å². The Morgan fingerprint density at radius 3 is 2.95 bits per heavy atom. The SMILES string of the molecule is CCSCC(C)n1c(CCCl)nc2c(F)cccc21. The van der Waals surface area contributed by atoms with E-state index in [1.54, 1.807) is 6.07 Å². The quantitative estimate of drug-likeness (QED) is 0.741. The first kappa shape index (κ1) is 14.7. The van der Waals surface area contributed by atoms with Crippen molar-refractivity contribution in [2.75, 3.05) is 17.4 Å². The fourth-order valence-electron chi connectivity index (χ4n) is 2.25. The summed E-state index contributed by atoms with van der Waals surface area (Å²) in [5.74, 6) is 3.18. The van der Waals surface area contributed by atoms with E-state index < -0.39 is 0 Å². The number of benzene rings is 1. The number of hydrogen-bond acceptors (Lipinski definition) is 2. The maximum absolute atomic E-state index is 13.8. The number of aromatic nitrogens is 2. The summed E-state index contributed by atoms with van der Waals surface area (Å²) in [6, 6.07) is 5.40. The van der Waals surface area contributed by atoms with Gasteiger partial charge in [-0.25, -0.2) is 9.37 Å². The molecule has 2 rings (SSSR count). The number of fused-ring (bicyclic) bond motifs is 1. The number of imidazole rings is 1. The van der Waals surface area contributed by atoms with Crippen molar-refractivity contribution < 1.29 is 4.39 Å². The van der Waals surface area contributed by atoms with Crippen molar-refractivity contribution in [1.82, 2.24) is 9.55 Å². The third-order valence-electron chi connectivity index (χ3n) is 3.07. The predicted molar refractivity (Wildman–Crippen MR) is 81.8 cm³/mol. The second kappa shape index (κ2) is 6.62. The summed E-state index contributed by atoms with van der Waals surface area (Å²) in [5.41, 5.74) is 1.32. The summed E-state index contributed by atoms with van der Waals surface area (Å²) in [5, 5.41) is 0. The first-order chi connectivity index (χ1) is 9.19. The zero-order valence-corrected chi connectivity index (χ0v) is 12.8. The lowest BCUT2D eigenvalue weighted by molar-refractivity contribution is 0.597. The molecule has 1 unspecified atom stereocenters. The number of thioether (sulfide) groups is 1. The maximum Gasteiger partial charge on any atom is 0.151 e. The lowest BCUT2D eigenvalue weighted by Crippen LogP contribution is -2.12. The lowest BCUT2D eigenvalue weighted by atomic mass is 10.3. The Labute approximate surface area is 122 Å². The minimum absolute atomic E-state index is 0.262. The molecule has 1 aromatic heterocycles.